The summed E-state index contributed by atoms with van der Waals surface area (Å²) in [5.41, 5.74) is 3.27. The molecule has 1 heterocycles. The van der Waals surface area contributed by atoms with Gasteiger partial charge in [-0.1, -0.05) is 37.3 Å². The van der Waals surface area contributed by atoms with Gasteiger partial charge >= 0.3 is 0 Å². The minimum atomic E-state index is 0.0886. The summed E-state index contributed by atoms with van der Waals surface area (Å²) in [6.07, 6.45) is 2.60. The van der Waals surface area contributed by atoms with E-state index in [4.69, 9.17) is 0 Å². The third-order valence-corrected chi connectivity index (χ3v) is 3.15. The first-order valence-electron chi connectivity index (χ1n) is 6.17. The van der Waals surface area contributed by atoms with E-state index in [2.05, 4.69) is 29.2 Å². The molecular weight excluding hydrogens is 222 g/mol. The predicted molar refractivity (Wildman–Crippen MR) is 73.2 cm³/mol. The normalized spacial score (nSPS) is 12.1. The van der Waals surface area contributed by atoms with E-state index in [-0.39, 0.29) is 11.7 Å². The fourth-order valence-electron chi connectivity index (χ4n) is 1.84. The first-order valence-corrected chi connectivity index (χ1v) is 6.17. The molecular formula is C16H17NO. The summed E-state index contributed by atoms with van der Waals surface area (Å²) in [5, 5.41) is 0. The van der Waals surface area contributed by atoms with Crippen LogP contribution in [0, 0.1) is 5.92 Å². The van der Waals surface area contributed by atoms with E-state index in [1.165, 1.54) is 5.56 Å². The number of rotatable bonds is 4. The molecule has 2 nitrogen and oxygen atoms in total. The number of nitrogens with zero attached hydrogens (tertiary/aromatic N) is 1. The molecule has 18 heavy (non-hydrogen) atoms. The van der Waals surface area contributed by atoms with Gasteiger partial charge in [-0.3, -0.25) is 9.78 Å². The summed E-state index contributed by atoms with van der Waals surface area (Å²) in [4.78, 5) is 15.5. The fourth-order valence-corrected chi connectivity index (χ4v) is 1.84. The van der Waals surface area contributed by atoms with Crippen molar-refractivity contribution in [2.24, 2.45) is 5.92 Å². The number of carbonyl (C=O) groups is 1. The maximum atomic E-state index is 11.2. The van der Waals surface area contributed by atoms with E-state index in [1.54, 1.807) is 13.1 Å². The Morgan fingerprint density at radius 2 is 1.89 bits per heavy atom. The minimum absolute atomic E-state index is 0.0886. The average Bonchev–Trinajstić information content (AvgIpc) is 2.40. The number of carbonyl (C=O) groups excluding carboxylic acids is 1. The van der Waals surface area contributed by atoms with Crippen molar-refractivity contribution >= 4 is 5.78 Å². The van der Waals surface area contributed by atoms with E-state index < -0.39 is 0 Å². The van der Waals surface area contributed by atoms with Crippen LogP contribution in [0.1, 0.15) is 19.4 Å². The Bertz CT molecular complexity index is 517. The Morgan fingerprint density at radius 1 is 1.17 bits per heavy atom. The molecule has 0 saturated heterocycles. The second-order valence-electron chi connectivity index (χ2n) is 4.63. The zero-order chi connectivity index (χ0) is 13.0. The van der Waals surface area contributed by atoms with E-state index in [0.717, 1.165) is 17.7 Å². The molecule has 1 unspecified atom stereocenters. The molecule has 0 aliphatic rings. The standard InChI is InChI=1S/C16H17NO/c1-12(13(2)18)11-14-6-8-15(9-7-14)16-5-3-4-10-17-16/h3-10,12H,11H2,1-2H3. The molecule has 1 aromatic carbocycles. The Hall–Kier alpha value is -1.96. The lowest BCUT2D eigenvalue weighted by Gasteiger charge is -2.08. The van der Waals surface area contributed by atoms with E-state index in [1.807, 2.05) is 25.1 Å². The Kier molecular flexibility index (Phi) is 3.88. The number of benzene rings is 1. The van der Waals surface area contributed by atoms with Gasteiger partial charge in [-0.15, -0.1) is 0 Å². The average molecular weight is 239 g/mol. The van der Waals surface area contributed by atoms with Crippen LogP contribution in [0.15, 0.2) is 48.7 Å². The summed E-state index contributed by atoms with van der Waals surface area (Å²) in [7, 11) is 0. The quantitative estimate of drug-likeness (QED) is 0.817. The monoisotopic (exact) mass is 239 g/mol. The zero-order valence-corrected chi connectivity index (χ0v) is 10.8. The van der Waals surface area contributed by atoms with Gasteiger partial charge in [0.15, 0.2) is 0 Å². The minimum Gasteiger partial charge on any atom is -0.300 e. The summed E-state index contributed by atoms with van der Waals surface area (Å²) >= 11 is 0. The second kappa shape index (κ2) is 5.58. The lowest BCUT2D eigenvalue weighted by molar-refractivity contribution is -0.120. The van der Waals surface area contributed by atoms with Crippen molar-refractivity contribution < 1.29 is 4.79 Å². The van der Waals surface area contributed by atoms with Crippen LogP contribution in [0.4, 0.5) is 0 Å². The van der Waals surface area contributed by atoms with Crippen molar-refractivity contribution in [1.82, 2.24) is 4.98 Å². The fraction of sp³-hybridized carbons (Fsp3) is 0.250. The van der Waals surface area contributed by atoms with Crippen molar-refractivity contribution in [2.45, 2.75) is 20.3 Å². The van der Waals surface area contributed by atoms with Crippen LogP contribution < -0.4 is 0 Å². The molecule has 0 aliphatic carbocycles. The second-order valence-corrected chi connectivity index (χ2v) is 4.63. The molecule has 2 heteroatoms. The summed E-state index contributed by atoms with van der Waals surface area (Å²) < 4.78 is 0. The number of Topliss-reactive ketones (excluding diaryl/α,β-unsaturated/α-hetero) is 1. The molecule has 92 valence electrons. The Balaban J connectivity index is 2.13. The molecule has 0 N–H and O–H groups in total. The molecule has 1 atom stereocenters. The van der Waals surface area contributed by atoms with Gasteiger partial charge in [0.2, 0.25) is 0 Å². The SMILES string of the molecule is CC(=O)C(C)Cc1ccc(-c2ccccn2)cc1. The van der Waals surface area contributed by atoms with Crippen LogP contribution in [-0.4, -0.2) is 10.8 Å². The molecule has 0 fully saturated rings. The highest BCUT2D eigenvalue weighted by Gasteiger charge is 2.08. The molecule has 0 radical (unpaired) electrons. The van der Waals surface area contributed by atoms with E-state index in [9.17, 15) is 4.79 Å². The lowest BCUT2D eigenvalue weighted by atomic mass is 9.97. The third kappa shape index (κ3) is 3.04. The summed E-state index contributed by atoms with van der Waals surface area (Å²) in [6, 6.07) is 14.1. The van der Waals surface area contributed by atoms with Crippen molar-refractivity contribution in [1.29, 1.82) is 0 Å². The predicted octanol–water partition coefficient (Wildman–Crippen LogP) is 3.52. The van der Waals surface area contributed by atoms with Crippen molar-refractivity contribution in [3.8, 4) is 11.3 Å². The van der Waals surface area contributed by atoms with E-state index in [0.29, 0.717) is 0 Å². The third-order valence-electron chi connectivity index (χ3n) is 3.15. The van der Waals surface area contributed by atoms with Gasteiger partial charge in [0.1, 0.15) is 5.78 Å². The van der Waals surface area contributed by atoms with Gasteiger partial charge < -0.3 is 0 Å². The van der Waals surface area contributed by atoms with Gasteiger partial charge in [0.25, 0.3) is 0 Å². The molecule has 0 spiro atoms. The zero-order valence-electron chi connectivity index (χ0n) is 10.8. The largest absolute Gasteiger partial charge is 0.300 e. The van der Waals surface area contributed by atoms with Gasteiger partial charge in [0.05, 0.1) is 5.69 Å². The van der Waals surface area contributed by atoms with Crippen molar-refractivity contribution in [3.63, 3.8) is 0 Å². The summed E-state index contributed by atoms with van der Waals surface area (Å²) in [6.45, 7) is 3.61. The van der Waals surface area contributed by atoms with Crippen LogP contribution in [-0.2, 0) is 11.2 Å². The van der Waals surface area contributed by atoms with Gasteiger partial charge in [-0.05, 0) is 31.0 Å². The molecule has 2 aromatic rings. The molecule has 1 aromatic heterocycles. The first-order chi connectivity index (χ1) is 8.66. The number of aromatic nitrogens is 1. The molecule has 0 saturated carbocycles. The van der Waals surface area contributed by atoms with Crippen LogP contribution in [0.5, 0.6) is 0 Å². The lowest BCUT2D eigenvalue weighted by Crippen LogP contribution is -2.09. The number of pyridine rings is 1. The van der Waals surface area contributed by atoms with Crippen LogP contribution in [0.3, 0.4) is 0 Å². The van der Waals surface area contributed by atoms with Crippen LogP contribution >= 0.6 is 0 Å². The van der Waals surface area contributed by atoms with Gasteiger partial charge in [-0.25, -0.2) is 0 Å². The number of hydrogen-bond acceptors (Lipinski definition) is 2. The smallest absolute Gasteiger partial charge is 0.132 e. The summed E-state index contributed by atoms with van der Waals surface area (Å²) in [5.74, 6) is 0.328. The highest BCUT2D eigenvalue weighted by atomic mass is 16.1. The first kappa shape index (κ1) is 12.5. The number of ketones is 1. The Labute approximate surface area is 108 Å². The topological polar surface area (TPSA) is 30.0 Å². The maximum Gasteiger partial charge on any atom is 0.132 e. The van der Waals surface area contributed by atoms with Gasteiger partial charge in [-0.2, -0.15) is 0 Å². The Morgan fingerprint density at radius 3 is 2.44 bits per heavy atom. The molecule has 0 amide bonds. The van der Waals surface area contributed by atoms with Crippen molar-refractivity contribution in [3.05, 3.63) is 54.2 Å². The molecule has 0 bridgehead atoms. The number of hydrogen-bond donors (Lipinski definition) is 0. The molecule has 2 rings (SSSR count). The maximum absolute atomic E-state index is 11.2. The highest BCUT2D eigenvalue weighted by molar-refractivity contribution is 5.78. The van der Waals surface area contributed by atoms with Crippen LogP contribution in [0.25, 0.3) is 11.3 Å². The van der Waals surface area contributed by atoms with E-state index >= 15 is 0 Å². The van der Waals surface area contributed by atoms with Crippen LogP contribution in [0.2, 0.25) is 0 Å². The van der Waals surface area contributed by atoms with Gasteiger partial charge in [0, 0.05) is 17.7 Å². The van der Waals surface area contributed by atoms with Crippen molar-refractivity contribution in [2.75, 3.05) is 0 Å². The molecule has 0 aliphatic heterocycles. The highest BCUT2D eigenvalue weighted by Crippen LogP contribution is 2.18.